The molecule has 2 rings (SSSR count). The maximum Gasteiger partial charge on any atom is 0.408 e. The summed E-state index contributed by atoms with van der Waals surface area (Å²) in [7, 11) is -0.480. The summed E-state index contributed by atoms with van der Waals surface area (Å²) in [6.07, 6.45) is -0.612. The van der Waals surface area contributed by atoms with Crippen molar-refractivity contribution in [3.05, 3.63) is 71.8 Å². The second-order valence-corrected chi connectivity index (χ2v) is 12.4. The van der Waals surface area contributed by atoms with Crippen LogP contribution in [0.2, 0.25) is 19.1 Å². The zero-order chi connectivity index (χ0) is 19.7. The van der Waals surface area contributed by atoms with E-state index in [2.05, 4.69) is 30.5 Å². The van der Waals surface area contributed by atoms with Crippen molar-refractivity contribution >= 4 is 20.1 Å². The fourth-order valence-corrected chi connectivity index (χ4v) is 5.87. The highest BCUT2D eigenvalue weighted by molar-refractivity contribution is 6.77. The molecule has 0 aromatic heterocycles. The van der Waals surface area contributed by atoms with Gasteiger partial charge in [0.05, 0.1) is 15.2 Å². The third kappa shape index (κ3) is 7.27. The van der Waals surface area contributed by atoms with Crippen molar-refractivity contribution in [1.82, 2.24) is 5.32 Å². The molecule has 0 spiro atoms. The molecule has 0 fully saturated rings. The van der Waals surface area contributed by atoms with Crippen LogP contribution in [0.1, 0.15) is 11.1 Å². The van der Waals surface area contributed by atoms with Crippen LogP contribution in [0.15, 0.2) is 60.7 Å². The third-order valence-corrected chi connectivity index (χ3v) is 7.15. The lowest BCUT2D eigenvalue weighted by Gasteiger charge is -2.27. The average molecular weight is 386 g/mol. The van der Waals surface area contributed by atoms with Crippen LogP contribution in [-0.2, 0) is 26.9 Å². The van der Waals surface area contributed by atoms with Crippen LogP contribution >= 0.6 is 0 Å². The molecular weight excluding hydrogens is 358 g/mol. The Balaban J connectivity index is 1.95. The summed E-state index contributed by atoms with van der Waals surface area (Å²) in [6, 6.07) is 20.4. The van der Waals surface area contributed by atoms with Crippen molar-refractivity contribution in [3.8, 4) is 0 Å². The molecule has 1 atom stereocenters. The predicted molar refractivity (Wildman–Crippen MR) is 108 cm³/mol. The number of ether oxygens (including phenoxy) is 2. The van der Waals surface area contributed by atoms with E-state index in [1.165, 1.54) is 12.7 Å². The smallest absolute Gasteiger partial charge is 0.408 e. The number of carbonyl (C=O) groups excluding carboxylic acids is 2. The van der Waals surface area contributed by atoms with Crippen LogP contribution in [0.25, 0.3) is 0 Å². The SMILES string of the molecule is COC(=O)C(C[Si](C)(C)Cc1ccccc1)NC(=O)OCc1ccccc1. The number of nitrogens with one attached hydrogen (secondary N) is 1. The molecule has 27 heavy (non-hydrogen) atoms. The molecule has 0 aliphatic carbocycles. The number of hydrogen-bond acceptors (Lipinski definition) is 4. The highest BCUT2D eigenvalue weighted by Gasteiger charge is 2.32. The maximum atomic E-state index is 12.2. The first-order valence-corrected chi connectivity index (χ1v) is 12.4. The molecule has 2 aromatic rings. The summed E-state index contributed by atoms with van der Waals surface area (Å²) in [5.41, 5.74) is 2.13. The van der Waals surface area contributed by atoms with Gasteiger partial charge in [-0.2, -0.15) is 0 Å². The van der Waals surface area contributed by atoms with Crippen molar-refractivity contribution < 1.29 is 19.1 Å². The zero-order valence-corrected chi connectivity index (χ0v) is 17.1. The Morgan fingerprint density at radius 2 is 1.52 bits per heavy atom. The molecule has 0 radical (unpaired) electrons. The first kappa shape index (κ1) is 20.7. The van der Waals surface area contributed by atoms with E-state index in [1.54, 1.807) is 0 Å². The third-order valence-electron chi connectivity index (χ3n) is 4.27. The molecule has 1 N–H and O–H groups in total. The van der Waals surface area contributed by atoms with Crippen LogP contribution in [0, 0.1) is 0 Å². The lowest BCUT2D eigenvalue weighted by atomic mass is 10.2. The fourth-order valence-electron chi connectivity index (χ4n) is 3.02. The van der Waals surface area contributed by atoms with Gasteiger partial charge in [0.2, 0.25) is 0 Å². The number of hydrogen-bond donors (Lipinski definition) is 1. The van der Waals surface area contributed by atoms with Crippen molar-refractivity contribution in [2.45, 2.75) is 37.8 Å². The number of alkyl carbamates (subject to hydrolysis) is 1. The van der Waals surface area contributed by atoms with Crippen molar-refractivity contribution in [1.29, 1.82) is 0 Å². The van der Waals surface area contributed by atoms with Gasteiger partial charge in [-0.05, 0) is 17.7 Å². The topological polar surface area (TPSA) is 64.6 Å². The normalized spacial score (nSPS) is 12.1. The molecule has 0 heterocycles. The second kappa shape index (κ2) is 9.92. The summed E-state index contributed by atoms with van der Waals surface area (Å²) in [4.78, 5) is 24.3. The molecule has 0 saturated heterocycles. The van der Waals surface area contributed by atoms with Crippen molar-refractivity contribution in [3.63, 3.8) is 0 Å². The molecule has 1 unspecified atom stereocenters. The molecule has 6 heteroatoms. The van der Waals surface area contributed by atoms with Gasteiger partial charge in [-0.3, -0.25) is 0 Å². The minimum absolute atomic E-state index is 0.158. The highest BCUT2D eigenvalue weighted by atomic mass is 28.3. The molecule has 144 valence electrons. The lowest BCUT2D eigenvalue weighted by Crippen LogP contribution is -2.47. The highest BCUT2D eigenvalue weighted by Crippen LogP contribution is 2.19. The Kier molecular flexibility index (Phi) is 7.61. The fraction of sp³-hybridized carbons (Fsp3) is 0.333. The van der Waals surface area contributed by atoms with Crippen LogP contribution in [0.4, 0.5) is 4.79 Å². The minimum atomic E-state index is -1.81. The first-order valence-electron chi connectivity index (χ1n) is 8.98. The lowest BCUT2D eigenvalue weighted by molar-refractivity contribution is -0.142. The van der Waals surface area contributed by atoms with Crippen molar-refractivity contribution in [2.24, 2.45) is 0 Å². The Bertz CT molecular complexity index is 734. The second-order valence-electron chi connectivity index (χ2n) is 7.31. The number of rotatable bonds is 8. The Hall–Kier alpha value is -2.60. The molecule has 0 bridgehead atoms. The Morgan fingerprint density at radius 3 is 2.07 bits per heavy atom. The van der Waals surface area contributed by atoms with E-state index in [0.29, 0.717) is 6.04 Å². The quantitative estimate of drug-likeness (QED) is 0.552. The van der Waals surface area contributed by atoms with Gasteiger partial charge in [-0.1, -0.05) is 79.3 Å². The molecule has 1 amide bonds. The molecular formula is C21H27NO4Si. The summed E-state index contributed by atoms with van der Waals surface area (Å²) in [6.45, 7) is 4.56. The van der Waals surface area contributed by atoms with Crippen LogP contribution < -0.4 is 5.32 Å². The van der Waals surface area contributed by atoms with Gasteiger partial charge in [0.1, 0.15) is 12.6 Å². The monoisotopic (exact) mass is 385 g/mol. The predicted octanol–water partition coefficient (Wildman–Crippen LogP) is 3.94. The number of benzene rings is 2. The number of carbonyl (C=O) groups is 2. The first-order chi connectivity index (χ1) is 12.9. The molecule has 5 nitrogen and oxygen atoms in total. The molecule has 0 aliphatic rings. The van der Waals surface area contributed by atoms with E-state index in [0.717, 1.165) is 11.6 Å². The van der Waals surface area contributed by atoms with Crippen LogP contribution in [0.3, 0.4) is 0 Å². The van der Waals surface area contributed by atoms with Gasteiger partial charge in [-0.25, -0.2) is 9.59 Å². The van der Waals surface area contributed by atoms with Crippen LogP contribution in [-0.4, -0.2) is 33.3 Å². The maximum absolute atomic E-state index is 12.2. The van der Waals surface area contributed by atoms with Gasteiger partial charge >= 0.3 is 12.1 Å². The Morgan fingerprint density at radius 1 is 0.963 bits per heavy atom. The zero-order valence-electron chi connectivity index (χ0n) is 16.1. The number of methoxy groups -OCH3 is 1. The van der Waals surface area contributed by atoms with Crippen LogP contribution in [0.5, 0.6) is 0 Å². The molecule has 0 saturated carbocycles. The van der Waals surface area contributed by atoms with E-state index in [-0.39, 0.29) is 6.61 Å². The summed E-state index contributed by atoms with van der Waals surface area (Å²) < 4.78 is 10.1. The molecule has 0 aliphatic heterocycles. The van der Waals surface area contributed by atoms with Gasteiger partial charge in [-0.15, -0.1) is 0 Å². The van der Waals surface area contributed by atoms with Crippen molar-refractivity contribution in [2.75, 3.05) is 7.11 Å². The number of esters is 1. The van der Waals surface area contributed by atoms with Gasteiger partial charge in [0.25, 0.3) is 0 Å². The van der Waals surface area contributed by atoms with Gasteiger partial charge in [0, 0.05) is 0 Å². The van der Waals surface area contributed by atoms with E-state index >= 15 is 0 Å². The molecule has 2 aromatic carbocycles. The van der Waals surface area contributed by atoms with E-state index in [4.69, 9.17) is 9.47 Å². The average Bonchev–Trinajstić information content (AvgIpc) is 2.66. The van der Waals surface area contributed by atoms with Gasteiger partial charge < -0.3 is 14.8 Å². The Labute approximate surface area is 161 Å². The summed E-state index contributed by atoms with van der Waals surface area (Å²) in [5.74, 6) is -0.444. The largest absolute Gasteiger partial charge is 0.467 e. The minimum Gasteiger partial charge on any atom is -0.467 e. The summed E-state index contributed by atoms with van der Waals surface area (Å²) in [5, 5.41) is 2.68. The van der Waals surface area contributed by atoms with E-state index < -0.39 is 26.2 Å². The number of amides is 1. The standard InChI is InChI=1S/C21H27NO4Si/c1-25-20(23)19(16-27(2,3)15-18-12-8-5-9-13-18)22-21(24)26-14-17-10-6-4-7-11-17/h4-13,19H,14-16H2,1-3H3,(H,22,24). The van der Waals surface area contributed by atoms with Gasteiger partial charge in [0.15, 0.2) is 0 Å². The van der Waals surface area contributed by atoms with E-state index in [9.17, 15) is 9.59 Å². The van der Waals surface area contributed by atoms with E-state index in [1.807, 2.05) is 48.5 Å². The summed E-state index contributed by atoms with van der Waals surface area (Å²) >= 11 is 0.